The molecule has 5 heteroatoms. The van der Waals surface area contributed by atoms with E-state index in [1.807, 2.05) is 24.3 Å². The Morgan fingerprint density at radius 3 is 2.59 bits per heavy atom. The predicted octanol–water partition coefficient (Wildman–Crippen LogP) is 4.95. The van der Waals surface area contributed by atoms with Crippen molar-refractivity contribution < 1.29 is 4.74 Å². The Balaban J connectivity index is 1.32. The van der Waals surface area contributed by atoms with E-state index in [2.05, 4.69) is 22.5 Å². The Labute approximate surface area is 170 Å². The van der Waals surface area contributed by atoms with Gasteiger partial charge in [0.2, 0.25) is 0 Å². The van der Waals surface area contributed by atoms with Crippen molar-refractivity contribution in [3.63, 3.8) is 0 Å². The maximum Gasteiger partial charge on any atom is 0.170 e. The smallest absolute Gasteiger partial charge is 0.170 e. The maximum absolute atomic E-state index is 6.01. The minimum Gasteiger partial charge on any atom is -0.490 e. The van der Waals surface area contributed by atoms with Crippen LogP contribution in [0, 0.1) is 0 Å². The second-order valence-electron chi connectivity index (χ2n) is 7.88. The fourth-order valence-corrected chi connectivity index (χ4v) is 4.51. The van der Waals surface area contributed by atoms with E-state index in [-0.39, 0.29) is 0 Å². The van der Waals surface area contributed by atoms with Crippen LogP contribution in [0.2, 0.25) is 0 Å². The molecule has 150 valence electrons. The third-order valence-corrected chi connectivity index (χ3v) is 6.09. The molecule has 1 saturated heterocycles. The highest BCUT2D eigenvalue weighted by atomic mass is 32.1. The highest BCUT2D eigenvalue weighted by Crippen LogP contribution is 2.25. The maximum atomic E-state index is 6.01. The van der Waals surface area contributed by atoms with Gasteiger partial charge in [0.15, 0.2) is 5.11 Å². The molecule has 0 bridgehead atoms. The predicted molar refractivity (Wildman–Crippen MR) is 118 cm³/mol. The van der Waals surface area contributed by atoms with Gasteiger partial charge in [-0.25, -0.2) is 0 Å². The summed E-state index contributed by atoms with van der Waals surface area (Å²) >= 11 is 5.43. The fraction of sp³-hybridized carbons (Fsp3) is 0.682. The number of rotatable bonds is 8. The van der Waals surface area contributed by atoms with Crippen LogP contribution >= 0.6 is 12.2 Å². The molecule has 2 fully saturated rings. The number of piperidine rings is 1. The largest absolute Gasteiger partial charge is 0.490 e. The molecule has 2 aliphatic rings. The van der Waals surface area contributed by atoms with Crippen LogP contribution in [0.1, 0.15) is 64.7 Å². The molecule has 27 heavy (non-hydrogen) atoms. The fourth-order valence-electron chi connectivity index (χ4n) is 4.29. The lowest BCUT2D eigenvalue weighted by Gasteiger charge is -2.35. The number of anilines is 1. The highest BCUT2D eigenvalue weighted by molar-refractivity contribution is 7.80. The van der Waals surface area contributed by atoms with Crippen molar-refractivity contribution >= 4 is 23.0 Å². The Morgan fingerprint density at radius 1 is 1.11 bits per heavy atom. The molecular weight excluding hydrogens is 354 g/mol. The molecule has 0 amide bonds. The van der Waals surface area contributed by atoms with Crippen molar-refractivity contribution in [1.82, 2.24) is 10.2 Å². The summed E-state index contributed by atoms with van der Waals surface area (Å²) in [5.74, 6) is 0.957. The summed E-state index contributed by atoms with van der Waals surface area (Å²) in [6.45, 7) is 5.66. The van der Waals surface area contributed by atoms with E-state index in [9.17, 15) is 0 Å². The first kappa shape index (κ1) is 20.4. The Bertz CT molecular complexity index is 571. The number of ether oxygens (including phenoxy) is 1. The molecule has 2 N–H and O–H groups in total. The van der Waals surface area contributed by atoms with Gasteiger partial charge < -0.3 is 20.3 Å². The molecule has 1 heterocycles. The van der Waals surface area contributed by atoms with E-state index in [4.69, 9.17) is 17.0 Å². The molecule has 0 radical (unpaired) electrons. The van der Waals surface area contributed by atoms with Crippen molar-refractivity contribution in [3.8, 4) is 5.75 Å². The van der Waals surface area contributed by atoms with Crippen LogP contribution in [0.4, 0.5) is 5.69 Å². The molecule has 1 aliphatic carbocycles. The lowest BCUT2D eigenvalue weighted by molar-refractivity contribution is 0.143. The van der Waals surface area contributed by atoms with Crippen molar-refractivity contribution in [3.05, 3.63) is 24.3 Å². The van der Waals surface area contributed by atoms with E-state index < -0.39 is 0 Å². The standard InChI is InChI=1S/C22H35N3OS/c1-2-19-8-5-6-16-25(19)17-7-15-23-22(27)24-18-11-13-21(14-12-18)26-20-9-3-4-10-20/h11-14,19-20H,2-10,15-17H2,1H3,(H2,23,24,27). The average molecular weight is 390 g/mol. The Kier molecular flexibility index (Phi) is 8.21. The van der Waals surface area contributed by atoms with E-state index in [0.717, 1.165) is 30.4 Å². The normalized spacial score (nSPS) is 21.1. The van der Waals surface area contributed by atoms with Gasteiger partial charge in [-0.15, -0.1) is 0 Å². The van der Waals surface area contributed by atoms with E-state index >= 15 is 0 Å². The molecule has 1 atom stereocenters. The number of likely N-dealkylation sites (tertiary alicyclic amines) is 1. The molecule has 0 spiro atoms. The number of nitrogens with one attached hydrogen (secondary N) is 2. The first-order valence-electron chi connectivity index (χ1n) is 10.8. The minimum atomic E-state index is 0.402. The summed E-state index contributed by atoms with van der Waals surface area (Å²) in [4.78, 5) is 2.66. The molecule has 1 aromatic rings. The van der Waals surface area contributed by atoms with E-state index in [0.29, 0.717) is 11.2 Å². The summed E-state index contributed by atoms with van der Waals surface area (Å²) < 4.78 is 6.01. The number of hydrogen-bond donors (Lipinski definition) is 2. The van der Waals surface area contributed by atoms with Gasteiger partial charge in [0.1, 0.15) is 5.75 Å². The lowest BCUT2D eigenvalue weighted by atomic mass is 10.00. The second kappa shape index (κ2) is 10.9. The van der Waals surface area contributed by atoms with Crippen LogP contribution in [0.25, 0.3) is 0 Å². The zero-order valence-corrected chi connectivity index (χ0v) is 17.5. The molecule has 1 unspecified atom stereocenters. The quantitative estimate of drug-likeness (QED) is 0.486. The highest BCUT2D eigenvalue weighted by Gasteiger charge is 2.19. The zero-order chi connectivity index (χ0) is 18.9. The molecule has 0 aromatic heterocycles. The first-order chi connectivity index (χ1) is 13.2. The summed E-state index contributed by atoms with van der Waals surface area (Å²) in [6.07, 6.45) is 11.9. The van der Waals surface area contributed by atoms with Crippen LogP contribution in [-0.4, -0.2) is 41.8 Å². The van der Waals surface area contributed by atoms with E-state index in [1.54, 1.807) is 0 Å². The van der Waals surface area contributed by atoms with Gasteiger partial charge in [0, 0.05) is 24.8 Å². The zero-order valence-electron chi connectivity index (χ0n) is 16.7. The van der Waals surface area contributed by atoms with Gasteiger partial charge in [0.05, 0.1) is 6.10 Å². The summed E-state index contributed by atoms with van der Waals surface area (Å²) in [5.41, 5.74) is 1.01. The first-order valence-corrected chi connectivity index (χ1v) is 11.2. The van der Waals surface area contributed by atoms with Crippen molar-refractivity contribution in [1.29, 1.82) is 0 Å². The van der Waals surface area contributed by atoms with Gasteiger partial charge in [-0.2, -0.15) is 0 Å². The number of hydrogen-bond acceptors (Lipinski definition) is 3. The third-order valence-electron chi connectivity index (χ3n) is 5.85. The van der Waals surface area contributed by atoms with Gasteiger partial charge in [-0.3, -0.25) is 0 Å². The topological polar surface area (TPSA) is 36.5 Å². The average Bonchev–Trinajstić information content (AvgIpc) is 3.20. The van der Waals surface area contributed by atoms with Gasteiger partial charge in [-0.05, 0) is 94.4 Å². The summed E-state index contributed by atoms with van der Waals surface area (Å²) in [7, 11) is 0. The van der Waals surface area contributed by atoms with Gasteiger partial charge in [0.25, 0.3) is 0 Å². The SMILES string of the molecule is CCC1CCCCN1CCCNC(=S)Nc1ccc(OC2CCCC2)cc1. The molecule has 4 nitrogen and oxygen atoms in total. The van der Waals surface area contributed by atoms with Crippen LogP contribution in [0.5, 0.6) is 5.75 Å². The second-order valence-corrected chi connectivity index (χ2v) is 8.29. The van der Waals surface area contributed by atoms with Gasteiger partial charge >= 0.3 is 0 Å². The van der Waals surface area contributed by atoms with Crippen molar-refractivity contribution in [2.45, 2.75) is 76.9 Å². The number of nitrogens with zero attached hydrogens (tertiary/aromatic N) is 1. The number of thiocarbonyl (C=S) groups is 1. The molecule has 1 saturated carbocycles. The van der Waals surface area contributed by atoms with Crippen LogP contribution in [-0.2, 0) is 0 Å². The van der Waals surface area contributed by atoms with Crippen molar-refractivity contribution in [2.24, 2.45) is 0 Å². The lowest BCUT2D eigenvalue weighted by Crippen LogP contribution is -2.40. The molecule has 1 aliphatic heterocycles. The van der Waals surface area contributed by atoms with Gasteiger partial charge in [-0.1, -0.05) is 13.3 Å². The minimum absolute atomic E-state index is 0.402. The monoisotopic (exact) mass is 389 g/mol. The molecule has 1 aromatic carbocycles. The van der Waals surface area contributed by atoms with Crippen LogP contribution in [0.3, 0.4) is 0 Å². The Morgan fingerprint density at radius 2 is 1.85 bits per heavy atom. The summed E-state index contributed by atoms with van der Waals surface area (Å²) in [6, 6.07) is 8.93. The summed E-state index contributed by atoms with van der Waals surface area (Å²) in [5, 5.41) is 7.31. The molecular formula is C22H35N3OS. The van der Waals surface area contributed by atoms with Crippen molar-refractivity contribution in [2.75, 3.05) is 25.0 Å². The Hall–Kier alpha value is -1.33. The van der Waals surface area contributed by atoms with E-state index in [1.165, 1.54) is 64.5 Å². The number of benzene rings is 1. The van der Waals surface area contributed by atoms with Crippen LogP contribution in [0.15, 0.2) is 24.3 Å². The van der Waals surface area contributed by atoms with Crippen LogP contribution < -0.4 is 15.4 Å². The third kappa shape index (κ3) is 6.65. The molecule has 3 rings (SSSR count).